The van der Waals surface area contributed by atoms with Gasteiger partial charge in [-0.15, -0.1) is 11.3 Å². The molecule has 1 aromatic heterocycles. The summed E-state index contributed by atoms with van der Waals surface area (Å²) in [5.74, 6) is -1.74. The number of rotatable bonds is 6. The highest BCUT2D eigenvalue weighted by Crippen LogP contribution is 2.13. The molecule has 1 atom stereocenters. The van der Waals surface area contributed by atoms with Gasteiger partial charge in [0.1, 0.15) is 0 Å². The van der Waals surface area contributed by atoms with Crippen LogP contribution in [0.5, 0.6) is 0 Å². The molecule has 1 heterocycles. The number of amides is 1. The minimum absolute atomic E-state index is 0.369. The molecule has 5 nitrogen and oxygen atoms in total. The van der Waals surface area contributed by atoms with Crippen LogP contribution in [0.4, 0.5) is 0 Å². The fourth-order valence-corrected chi connectivity index (χ4v) is 2.59. The number of hydrogen-bond donors (Lipinski definition) is 1. The van der Waals surface area contributed by atoms with Crippen molar-refractivity contribution in [3.63, 3.8) is 0 Å². The molecule has 1 N–H and O–H groups in total. The van der Waals surface area contributed by atoms with E-state index >= 15 is 0 Å². The van der Waals surface area contributed by atoms with Gasteiger partial charge < -0.3 is 10.1 Å². The largest absolute Gasteiger partial charge is 0.461 e. The van der Waals surface area contributed by atoms with E-state index in [0.717, 1.165) is 0 Å². The lowest BCUT2D eigenvalue weighted by Crippen LogP contribution is -2.47. The van der Waals surface area contributed by atoms with Crippen LogP contribution in [-0.4, -0.2) is 29.8 Å². The summed E-state index contributed by atoms with van der Waals surface area (Å²) in [4.78, 5) is 37.3. The van der Waals surface area contributed by atoms with Gasteiger partial charge in [-0.2, -0.15) is 0 Å². The van der Waals surface area contributed by atoms with Crippen molar-refractivity contribution in [3.05, 3.63) is 58.3 Å². The first-order valence-corrected chi connectivity index (χ1v) is 8.01. The Bertz CT molecular complexity index is 680. The van der Waals surface area contributed by atoms with E-state index in [0.29, 0.717) is 10.4 Å². The predicted octanol–water partition coefficient (Wildman–Crippen LogP) is 2.68. The number of benzene rings is 1. The number of nitrogens with one attached hydrogen (secondary N) is 1. The molecule has 0 aliphatic carbocycles. The molecule has 0 spiro atoms. The molecule has 23 heavy (non-hydrogen) atoms. The van der Waals surface area contributed by atoms with Crippen LogP contribution in [0.15, 0.2) is 47.8 Å². The topological polar surface area (TPSA) is 72.5 Å². The van der Waals surface area contributed by atoms with E-state index in [1.54, 1.807) is 61.7 Å². The predicted molar refractivity (Wildman–Crippen MR) is 87.6 cm³/mol. The SMILES string of the molecule is CC(C)OC(=O)C(NC(=O)c1ccccc1)C(=O)c1cccs1. The molecule has 120 valence electrons. The molecule has 6 heteroatoms. The first kappa shape index (κ1) is 16.9. The van der Waals surface area contributed by atoms with Gasteiger partial charge in [0, 0.05) is 5.56 Å². The Labute approximate surface area is 138 Å². The van der Waals surface area contributed by atoms with Gasteiger partial charge in [-0.25, -0.2) is 4.79 Å². The van der Waals surface area contributed by atoms with E-state index in [9.17, 15) is 14.4 Å². The number of ketones is 1. The van der Waals surface area contributed by atoms with Crippen molar-refractivity contribution in [2.24, 2.45) is 0 Å². The normalized spacial score (nSPS) is 11.8. The number of carbonyl (C=O) groups is 3. The van der Waals surface area contributed by atoms with Crippen molar-refractivity contribution < 1.29 is 19.1 Å². The second-order valence-electron chi connectivity index (χ2n) is 5.10. The number of carbonyl (C=O) groups excluding carboxylic acids is 3. The zero-order valence-corrected chi connectivity index (χ0v) is 13.6. The highest BCUT2D eigenvalue weighted by Gasteiger charge is 2.32. The van der Waals surface area contributed by atoms with Crippen molar-refractivity contribution in [1.29, 1.82) is 0 Å². The Balaban J connectivity index is 2.21. The zero-order chi connectivity index (χ0) is 16.8. The molecule has 0 fully saturated rings. The molecule has 0 aliphatic heterocycles. The molecule has 2 aromatic rings. The fraction of sp³-hybridized carbons (Fsp3) is 0.235. The number of esters is 1. The highest BCUT2D eigenvalue weighted by atomic mass is 32.1. The zero-order valence-electron chi connectivity index (χ0n) is 12.8. The lowest BCUT2D eigenvalue weighted by atomic mass is 10.1. The van der Waals surface area contributed by atoms with E-state index in [1.165, 1.54) is 11.3 Å². The molecule has 0 radical (unpaired) electrons. The summed E-state index contributed by atoms with van der Waals surface area (Å²) in [7, 11) is 0. The maximum atomic E-state index is 12.5. The standard InChI is InChI=1S/C17H17NO4S/c1-11(2)22-17(21)14(15(19)13-9-6-10-23-13)18-16(20)12-7-4-3-5-8-12/h3-11,14H,1-2H3,(H,18,20). The third kappa shape index (κ3) is 4.50. The number of Topliss-reactive ketones (excluding diaryl/α,β-unsaturated/α-hetero) is 1. The second-order valence-corrected chi connectivity index (χ2v) is 6.05. The molecule has 0 saturated carbocycles. The van der Waals surface area contributed by atoms with Crippen LogP contribution in [-0.2, 0) is 9.53 Å². The molecule has 1 aromatic carbocycles. The summed E-state index contributed by atoms with van der Waals surface area (Å²) in [6, 6.07) is 10.4. The summed E-state index contributed by atoms with van der Waals surface area (Å²) in [5, 5.41) is 4.20. The number of ether oxygens (including phenoxy) is 1. The first-order chi connectivity index (χ1) is 11.0. The van der Waals surface area contributed by atoms with Gasteiger partial charge in [-0.05, 0) is 37.4 Å². The van der Waals surface area contributed by atoms with Gasteiger partial charge in [0.15, 0.2) is 6.04 Å². The minimum atomic E-state index is -1.36. The Morgan fingerprint density at radius 2 is 1.74 bits per heavy atom. The monoisotopic (exact) mass is 331 g/mol. The van der Waals surface area contributed by atoms with Crippen molar-refractivity contribution in [1.82, 2.24) is 5.32 Å². The maximum absolute atomic E-state index is 12.5. The van der Waals surface area contributed by atoms with Crippen LogP contribution in [0, 0.1) is 0 Å². The van der Waals surface area contributed by atoms with Gasteiger partial charge in [0.05, 0.1) is 11.0 Å². The van der Waals surface area contributed by atoms with Crippen molar-refractivity contribution in [3.8, 4) is 0 Å². The summed E-state index contributed by atoms with van der Waals surface area (Å²) in [5.41, 5.74) is 0.369. The lowest BCUT2D eigenvalue weighted by Gasteiger charge is -2.17. The summed E-state index contributed by atoms with van der Waals surface area (Å²) < 4.78 is 5.10. The minimum Gasteiger partial charge on any atom is -0.461 e. The van der Waals surface area contributed by atoms with Gasteiger partial charge >= 0.3 is 5.97 Å². The fourth-order valence-electron chi connectivity index (χ4n) is 1.90. The Morgan fingerprint density at radius 1 is 1.04 bits per heavy atom. The van der Waals surface area contributed by atoms with Crippen LogP contribution < -0.4 is 5.32 Å². The van der Waals surface area contributed by atoms with Gasteiger partial charge in [0.2, 0.25) is 5.78 Å². The van der Waals surface area contributed by atoms with Gasteiger partial charge in [0.25, 0.3) is 5.91 Å². The first-order valence-electron chi connectivity index (χ1n) is 7.13. The highest BCUT2D eigenvalue weighted by molar-refractivity contribution is 7.12. The van der Waals surface area contributed by atoms with Crippen LogP contribution in [0.1, 0.15) is 33.9 Å². The summed E-state index contributed by atoms with van der Waals surface area (Å²) in [6.07, 6.45) is -0.380. The van der Waals surface area contributed by atoms with E-state index < -0.39 is 23.7 Å². The quantitative estimate of drug-likeness (QED) is 0.502. The Kier molecular flexibility index (Phi) is 5.65. The summed E-state index contributed by atoms with van der Waals surface area (Å²) >= 11 is 1.21. The molecule has 0 bridgehead atoms. The average molecular weight is 331 g/mol. The van der Waals surface area contributed by atoms with Gasteiger partial charge in [-0.3, -0.25) is 9.59 Å². The summed E-state index contributed by atoms with van der Waals surface area (Å²) in [6.45, 7) is 3.37. The molecule has 0 aliphatic rings. The molecule has 1 amide bonds. The smallest absolute Gasteiger partial charge is 0.337 e. The van der Waals surface area contributed by atoms with Crippen molar-refractivity contribution >= 4 is 29.0 Å². The van der Waals surface area contributed by atoms with E-state index in [-0.39, 0.29) is 6.10 Å². The third-order valence-corrected chi connectivity index (χ3v) is 3.81. The Morgan fingerprint density at radius 3 is 2.30 bits per heavy atom. The van der Waals surface area contributed by atoms with Crippen LogP contribution in [0.25, 0.3) is 0 Å². The number of thiophene rings is 1. The molecule has 2 rings (SSSR count). The third-order valence-electron chi connectivity index (χ3n) is 2.93. The Hall–Kier alpha value is -2.47. The van der Waals surface area contributed by atoms with Crippen LogP contribution in [0.3, 0.4) is 0 Å². The van der Waals surface area contributed by atoms with Crippen molar-refractivity contribution in [2.75, 3.05) is 0 Å². The second kappa shape index (κ2) is 7.69. The number of hydrogen-bond acceptors (Lipinski definition) is 5. The average Bonchev–Trinajstić information content (AvgIpc) is 3.06. The van der Waals surface area contributed by atoms with E-state index in [2.05, 4.69) is 5.32 Å². The van der Waals surface area contributed by atoms with Gasteiger partial charge in [-0.1, -0.05) is 24.3 Å². The maximum Gasteiger partial charge on any atom is 0.337 e. The lowest BCUT2D eigenvalue weighted by molar-refractivity contribution is -0.148. The molecular formula is C17H17NO4S. The van der Waals surface area contributed by atoms with Crippen molar-refractivity contribution in [2.45, 2.75) is 26.0 Å². The van der Waals surface area contributed by atoms with Crippen LogP contribution >= 0.6 is 11.3 Å². The molecule has 1 unspecified atom stereocenters. The van der Waals surface area contributed by atoms with Crippen LogP contribution in [0.2, 0.25) is 0 Å². The molecule has 0 saturated heterocycles. The van der Waals surface area contributed by atoms with E-state index in [1.807, 2.05) is 0 Å². The molecular weight excluding hydrogens is 314 g/mol. The van der Waals surface area contributed by atoms with E-state index in [4.69, 9.17) is 4.74 Å².